The maximum absolute atomic E-state index is 13.8. The van der Waals surface area contributed by atoms with Gasteiger partial charge in [0.25, 0.3) is 5.78 Å². The summed E-state index contributed by atoms with van der Waals surface area (Å²) < 4.78 is 16.5. The van der Waals surface area contributed by atoms with Crippen molar-refractivity contribution in [1.29, 1.82) is 0 Å². The quantitative estimate of drug-likeness (QED) is 0.286. The average molecular weight is 461 g/mol. The number of Topliss-reactive ketones (excluding diaryl/α,β-unsaturated/α-hetero) is 1. The molecule has 0 spiro atoms. The van der Waals surface area contributed by atoms with E-state index < -0.39 is 0 Å². The molecule has 1 aliphatic heterocycles. The van der Waals surface area contributed by atoms with Gasteiger partial charge in [0.15, 0.2) is 23.0 Å². The smallest absolute Gasteiger partial charge is 0.263 e. The zero-order valence-corrected chi connectivity index (χ0v) is 19.8. The summed E-state index contributed by atoms with van der Waals surface area (Å²) >= 11 is 0. The van der Waals surface area contributed by atoms with Crippen molar-refractivity contribution in [2.24, 2.45) is 14.1 Å². The van der Waals surface area contributed by atoms with Crippen molar-refractivity contribution < 1.29 is 14.3 Å². The number of para-hydroxylation sites is 2. The van der Waals surface area contributed by atoms with E-state index in [-0.39, 0.29) is 17.3 Å². The fraction of sp³-hybridized carbons (Fsp3) is 0.100. The van der Waals surface area contributed by atoms with Crippen LogP contribution in [0.2, 0.25) is 0 Å². The molecular formula is C30H24N2O3. The zero-order chi connectivity index (χ0) is 24.1. The molecule has 0 fully saturated rings. The third kappa shape index (κ3) is 3.62. The van der Waals surface area contributed by atoms with E-state index >= 15 is 0 Å². The molecule has 5 heteroatoms. The lowest BCUT2D eigenvalue weighted by molar-refractivity contribution is -0.115. The van der Waals surface area contributed by atoms with Gasteiger partial charge in [0.2, 0.25) is 0 Å². The van der Waals surface area contributed by atoms with Crippen LogP contribution >= 0.6 is 0 Å². The van der Waals surface area contributed by atoms with E-state index in [2.05, 4.69) is 12.1 Å². The summed E-state index contributed by atoms with van der Waals surface area (Å²) in [7, 11) is 3.99. The number of aryl methyl sites for hydroxylation is 3. The van der Waals surface area contributed by atoms with Gasteiger partial charge in [0, 0.05) is 59.4 Å². The largest absolute Gasteiger partial charge is 0.449 e. The average Bonchev–Trinajstić information content (AvgIpc) is 3.31. The number of hydrogen-bond donors (Lipinski definition) is 0. The second kappa shape index (κ2) is 8.06. The van der Waals surface area contributed by atoms with Gasteiger partial charge in [-0.2, -0.15) is 0 Å². The monoisotopic (exact) mass is 460 g/mol. The fourth-order valence-electron chi connectivity index (χ4n) is 4.68. The lowest BCUT2D eigenvalue weighted by atomic mass is 10.1. The highest BCUT2D eigenvalue weighted by Crippen LogP contribution is 2.37. The predicted molar refractivity (Wildman–Crippen MR) is 139 cm³/mol. The first-order chi connectivity index (χ1) is 17.0. The van der Waals surface area contributed by atoms with Crippen molar-refractivity contribution in [3.63, 3.8) is 0 Å². The number of carbonyl (C=O) groups excluding carboxylic acids is 1. The summed E-state index contributed by atoms with van der Waals surface area (Å²) in [5, 5.41) is 2.10. The summed E-state index contributed by atoms with van der Waals surface area (Å²) in [6.45, 7) is 1.98. The van der Waals surface area contributed by atoms with Crippen LogP contribution in [0.4, 0.5) is 0 Å². The highest BCUT2D eigenvalue weighted by molar-refractivity contribution is 6.13. The molecule has 0 unspecified atom stereocenters. The number of ether oxygens (including phenoxy) is 2. The van der Waals surface area contributed by atoms with Gasteiger partial charge in [-0.25, -0.2) is 0 Å². The molecule has 0 radical (unpaired) electrons. The molecule has 6 rings (SSSR count). The van der Waals surface area contributed by atoms with Crippen LogP contribution in [0.1, 0.15) is 16.7 Å². The van der Waals surface area contributed by atoms with Crippen molar-refractivity contribution >= 4 is 39.7 Å². The first-order valence-electron chi connectivity index (χ1n) is 11.5. The first-order valence-corrected chi connectivity index (χ1v) is 11.5. The van der Waals surface area contributed by atoms with Crippen molar-refractivity contribution in [3.05, 3.63) is 107 Å². The van der Waals surface area contributed by atoms with Gasteiger partial charge in [0.05, 0.1) is 0 Å². The maximum Gasteiger partial charge on any atom is 0.263 e. The summed E-state index contributed by atoms with van der Waals surface area (Å²) in [5.41, 5.74) is 5.00. The van der Waals surface area contributed by atoms with Gasteiger partial charge >= 0.3 is 0 Å². The standard InChI is InChI=1S/C30H24N2O3/c1-19-12-13-26-27(14-19)35-29(16-21-18-32(3)25-11-7-5-9-23(21)25)30(33)28(34-26)15-20-17-31(2)24-10-6-4-8-22(20)24/h4-18H,1-3H3. The molecule has 0 amide bonds. The topological polar surface area (TPSA) is 45.4 Å². The van der Waals surface area contributed by atoms with Crippen LogP contribution in [0.15, 0.2) is 90.6 Å². The summed E-state index contributed by atoms with van der Waals surface area (Å²) in [6, 6.07) is 21.9. The number of hydrogen-bond acceptors (Lipinski definition) is 3. The molecule has 0 bridgehead atoms. The van der Waals surface area contributed by atoms with Crippen LogP contribution in [0.3, 0.4) is 0 Å². The Bertz CT molecular complexity index is 1700. The van der Waals surface area contributed by atoms with Crippen molar-refractivity contribution in [2.45, 2.75) is 6.92 Å². The van der Waals surface area contributed by atoms with Crippen molar-refractivity contribution in [2.75, 3.05) is 0 Å². The highest BCUT2D eigenvalue weighted by atomic mass is 16.5. The first kappa shape index (κ1) is 21.1. The molecule has 0 saturated heterocycles. The molecule has 0 saturated carbocycles. The zero-order valence-electron chi connectivity index (χ0n) is 19.8. The van der Waals surface area contributed by atoms with Gasteiger partial charge in [-0.3, -0.25) is 4.79 Å². The van der Waals surface area contributed by atoms with Gasteiger partial charge in [-0.1, -0.05) is 42.5 Å². The van der Waals surface area contributed by atoms with Gasteiger partial charge < -0.3 is 18.6 Å². The molecule has 2 aromatic heterocycles. The van der Waals surface area contributed by atoms with Crippen LogP contribution in [0, 0.1) is 6.92 Å². The Labute approximate surface area is 203 Å². The van der Waals surface area contributed by atoms with E-state index in [0.717, 1.165) is 38.5 Å². The van der Waals surface area contributed by atoms with Gasteiger partial charge in [-0.15, -0.1) is 0 Å². The van der Waals surface area contributed by atoms with Gasteiger partial charge in [-0.05, 0) is 48.9 Å². The number of fused-ring (bicyclic) bond motifs is 3. The molecule has 5 aromatic rings. The van der Waals surface area contributed by atoms with Crippen LogP contribution < -0.4 is 9.47 Å². The lowest BCUT2D eigenvalue weighted by Crippen LogP contribution is -2.12. The normalized spacial score (nSPS) is 15.9. The molecule has 0 aliphatic carbocycles. The van der Waals surface area contributed by atoms with E-state index in [1.54, 1.807) is 6.08 Å². The Kier molecular flexibility index (Phi) is 4.85. The molecule has 5 nitrogen and oxygen atoms in total. The molecule has 0 atom stereocenters. The van der Waals surface area contributed by atoms with Crippen molar-refractivity contribution in [3.8, 4) is 11.5 Å². The summed E-state index contributed by atoms with van der Waals surface area (Å²) in [4.78, 5) is 13.8. The predicted octanol–water partition coefficient (Wildman–Crippen LogP) is 6.40. The third-order valence-electron chi connectivity index (χ3n) is 6.42. The van der Waals surface area contributed by atoms with Crippen LogP contribution in [-0.2, 0) is 18.9 Å². The Morgan fingerprint density at radius 3 is 1.77 bits per heavy atom. The molecule has 172 valence electrons. The minimum atomic E-state index is -0.306. The third-order valence-corrected chi connectivity index (χ3v) is 6.42. The van der Waals surface area contributed by atoms with E-state index in [4.69, 9.17) is 9.47 Å². The molecule has 3 aromatic carbocycles. The second-order valence-electron chi connectivity index (χ2n) is 8.93. The summed E-state index contributed by atoms with van der Waals surface area (Å²) in [6.07, 6.45) is 7.62. The molecular weight excluding hydrogens is 436 g/mol. The van der Waals surface area contributed by atoms with Crippen molar-refractivity contribution in [1.82, 2.24) is 9.13 Å². The minimum absolute atomic E-state index is 0.218. The van der Waals surface area contributed by atoms with Crippen LogP contribution in [-0.4, -0.2) is 14.9 Å². The number of carbonyl (C=O) groups is 1. The fourth-order valence-corrected chi connectivity index (χ4v) is 4.68. The second-order valence-corrected chi connectivity index (χ2v) is 8.93. The molecule has 3 heterocycles. The Morgan fingerprint density at radius 2 is 1.20 bits per heavy atom. The Morgan fingerprint density at radius 1 is 0.686 bits per heavy atom. The molecule has 35 heavy (non-hydrogen) atoms. The molecule has 0 N–H and O–H groups in total. The summed E-state index contributed by atoms with van der Waals surface area (Å²) in [5.74, 6) is 1.16. The number of benzene rings is 3. The van der Waals surface area contributed by atoms with E-state index in [0.29, 0.717) is 11.5 Å². The minimum Gasteiger partial charge on any atom is -0.449 e. The van der Waals surface area contributed by atoms with E-state index in [9.17, 15) is 4.79 Å². The number of nitrogens with zero attached hydrogens (tertiary/aromatic N) is 2. The van der Waals surface area contributed by atoms with Crippen LogP contribution in [0.25, 0.3) is 34.0 Å². The lowest BCUT2D eigenvalue weighted by Gasteiger charge is -2.07. The van der Waals surface area contributed by atoms with Gasteiger partial charge in [0.1, 0.15) is 0 Å². The number of rotatable bonds is 2. The molecule has 1 aliphatic rings. The van der Waals surface area contributed by atoms with E-state index in [1.807, 2.05) is 103 Å². The SMILES string of the molecule is Cc1ccc2c(c1)OC(=Cc1cn(C)c3ccccc13)C(=O)C(=Cc1cn(C)c3ccccc13)O2. The van der Waals surface area contributed by atoms with E-state index in [1.165, 1.54) is 0 Å². The number of ketones is 1. The number of aromatic nitrogens is 2. The highest BCUT2D eigenvalue weighted by Gasteiger charge is 2.27. The Hall–Kier alpha value is -4.51. The van der Waals surface area contributed by atoms with Crippen LogP contribution in [0.5, 0.6) is 11.5 Å². The maximum atomic E-state index is 13.8. The Balaban J connectivity index is 1.53.